The summed E-state index contributed by atoms with van der Waals surface area (Å²) >= 11 is 9.45. The molecule has 0 atom stereocenters. The number of rotatable bonds is 2. The van der Waals surface area contributed by atoms with Crippen molar-refractivity contribution in [3.8, 4) is 0 Å². The summed E-state index contributed by atoms with van der Waals surface area (Å²) in [7, 11) is 0. The Bertz CT molecular complexity index is 710. The van der Waals surface area contributed by atoms with Crippen LogP contribution in [-0.2, 0) is 6.54 Å². The van der Waals surface area contributed by atoms with Gasteiger partial charge in [-0.1, -0.05) is 6.07 Å². The maximum absolute atomic E-state index is 5.38. The highest BCUT2D eigenvalue weighted by Crippen LogP contribution is 2.20. The average molecular weight is 372 g/mol. The van der Waals surface area contributed by atoms with Crippen molar-refractivity contribution in [3.05, 3.63) is 48.9 Å². The quantitative estimate of drug-likeness (QED) is 0.522. The number of hydrogen-bond donors (Lipinski definition) is 1. The first-order valence-electron chi connectivity index (χ1n) is 5.14. The van der Waals surface area contributed by atoms with Crippen LogP contribution in [-0.4, -0.2) is 9.55 Å². The number of thiophene rings is 1. The minimum Gasteiger partial charge on any atom is -0.331 e. The second-order valence-corrected chi connectivity index (χ2v) is 6.42. The van der Waals surface area contributed by atoms with Crippen LogP contribution in [0.25, 0.3) is 11.0 Å². The summed E-state index contributed by atoms with van der Waals surface area (Å²) in [5.41, 5.74) is 2.28. The summed E-state index contributed by atoms with van der Waals surface area (Å²) < 4.78 is 4.15. The summed E-state index contributed by atoms with van der Waals surface area (Å²) in [6.45, 7) is 0.844. The zero-order valence-corrected chi connectivity index (χ0v) is 12.6. The van der Waals surface area contributed by atoms with Gasteiger partial charge in [-0.2, -0.15) is 0 Å². The number of hydrogen-bond acceptors (Lipinski definition) is 2. The molecule has 0 aliphatic carbocycles. The lowest BCUT2D eigenvalue weighted by Crippen LogP contribution is -1.97. The van der Waals surface area contributed by atoms with Crippen molar-refractivity contribution >= 4 is 57.2 Å². The minimum absolute atomic E-state index is 0.787. The summed E-state index contributed by atoms with van der Waals surface area (Å²) in [6, 6.07) is 10.6. The molecule has 0 aliphatic heterocycles. The molecule has 0 fully saturated rings. The van der Waals surface area contributed by atoms with Gasteiger partial charge >= 0.3 is 0 Å². The van der Waals surface area contributed by atoms with Crippen molar-refractivity contribution in [1.29, 1.82) is 0 Å². The number of imidazole rings is 1. The summed E-state index contributed by atoms with van der Waals surface area (Å²) in [4.78, 5) is 4.58. The van der Waals surface area contributed by atoms with Gasteiger partial charge in [-0.15, -0.1) is 11.3 Å². The van der Waals surface area contributed by atoms with E-state index in [-0.39, 0.29) is 0 Å². The standard InChI is InChI=1S/C12H9IN2S2/c13-8-3-4-11-10(6-8)14-12(16)15(11)7-9-2-1-5-17-9/h1-6H,7H2,(H,14,16). The van der Waals surface area contributed by atoms with Crippen molar-refractivity contribution < 1.29 is 0 Å². The van der Waals surface area contributed by atoms with Crippen molar-refractivity contribution in [3.63, 3.8) is 0 Å². The van der Waals surface area contributed by atoms with E-state index in [2.05, 4.69) is 67.9 Å². The third-order valence-electron chi connectivity index (χ3n) is 2.63. The molecule has 3 aromatic rings. The Morgan fingerprint density at radius 2 is 2.24 bits per heavy atom. The minimum atomic E-state index is 0.787. The second-order valence-electron chi connectivity index (χ2n) is 3.76. The van der Waals surface area contributed by atoms with Crippen molar-refractivity contribution in [2.45, 2.75) is 6.54 Å². The Hall–Kier alpha value is -0.660. The first-order valence-corrected chi connectivity index (χ1v) is 7.51. The second kappa shape index (κ2) is 4.55. The predicted octanol–water partition coefficient (Wildman–Crippen LogP) is 4.41. The van der Waals surface area contributed by atoms with E-state index in [1.807, 2.05) is 0 Å². The fourth-order valence-corrected chi connectivity index (χ4v) is 3.31. The van der Waals surface area contributed by atoms with E-state index in [1.165, 1.54) is 14.0 Å². The normalized spacial score (nSPS) is 11.1. The highest BCUT2D eigenvalue weighted by molar-refractivity contribution is 14.1. The van der Waals surface area contributed by atoms with E-state index in [0.717, 1.165) is 16.8 Å². The molecule has 0 spiro atoms. The lowest BCUT2D eigenvalue weighted by atomic mass is 10.3. The van der Waals surface area contributed by atoms with E-state index >= 15 is 0 Å². The van der Waals surface area contributed by atoms with Gasteiger partial charge in [-0.25, -0.2) is 0 Å². The maximum Gasteiger partial charge on any atom is 0.178 e. The number of H-pyrrole nitrogens is 1. The number of benzene rings is 1. The molecule has 0 saturated carbocycles. The molecule has 0 bridgehead atoms. The average Bonchev–Trinajstić information content (AvgIpc) is 2.88. The Morgan fingerprint density at radius 3 is 3.00 bits per heavy atom. The molecule has 0 radical (unpaired) electrons. The molecule has 2 aromatic heterocycles. The third-order valence-corrected chi connectivity index (χ3v) is 4.48. The van der Waals surface area contributed by atoms with E-state index in [9.17, 15) is 0 Å². The molecule has 2 nitrogen and oxygen atoms in total. The molecule has 1 N–H and O–H groups in total. The van der Waals surface area contributed by atoms with Gasteiger partial charge in [0.2, 0.25) is 0 Å². The van der Waals surface area contributed by atoms with E-state index in [4.69, 9.17) is 12.2 Å². The molecule has 5 heteroatoms. The lowest BCUT2D eigenvalue weighted by Gasteiger charge is -2.02. The molecule has 0 aliphatic rings. The van der Waals surface area contributed by atoms with Crippen molar-refractivity contribution in [2.75, 3.05) is 0 Å². The summed E-state index contributed by atoms with van der Waals surface area (Å²) in [5, 5.41) is 2.09. The van der Waals surface area contributed by atoms with Gasteiger partial charge in [-0.3, -0.25) is 0 Å². The van der Waals surface area contributed by atoms with Crippen molar-refractivity contribution in [1.82, 2.24) is 9.55 Å². The smallest absolute Gasteiger partial charge is 0.178 e. The van der Waals surface area contributed by atoms with Gasteiger partial charge in [0.15, 0.2) is 4.77 Å². The molecule has 1 aromatic carbocycles. The number of fused-ring (bicyclic) bond motifs is 1. The van der Waals surface area contributed by atoms with Gasteiger partial charge in [0, 0.05) is 8.45 Å². The molecule has 2 heterocycles. The number of aromatic nitrogens is 2. The number of nitrogens with zero attached hydrogens (tertiary/aromatic N) is 1. The van der Waals surface area contributed by atoms with Gasteiger partial charge in [0.1, 0.15) is 0 Å². The van der Waals surface area contributed by atoms with Crippen LogP contribution in [0.1, 0.15) is 4.88 Å². The predicted molar refractivity (Wildman–Crippen MR) is 83.3 cm³/mol. The summed E-state index contributed by atoms with van der Waals surface area (Å²) in [6.07, 6.45) is 0. The van der Waals surface area contributed by atoms with Gasteiger partial charge in [0.05, 0.1) is 17.6 Å². The first kappa shape index (κ1) is 11.4. The highest BCUT2D eigenvalue weighted by atomic mass is 127. The molecule has 86 valence electrons. The summed E-state index contributed by atoms with van der Waals surface area (Å²) in [5.74, 6) is 0. The van der Waals surface area contributed by atoms with Crippen LogP contribution in [0.2, 0.25) is 0 Å². The lowest BCUT2D eigenvalue weighted by molar-refractivity contribution is 0.823. The fraction of sp³-hybridized carbons (Fsp3) is 0.0833. The number of aromatic amines is 1. The largest absolute Gasteiger partial charge is 0.331 e. The molecule has 0 amide bonds. The van der Waals surface area contributed by atoms with Gasteiger partial charge < -0.3 is 9.55 Å². The Morgan fingerprint density at radius 1 is 1.35 bits per heavy atom. The van der Waals surface area contributed by atoms with Crippen LogP contribution in [0.3, 0.4) is 0 Å². The van der Waals surface area contributed by atoms with Gasteiger partial charge in [-0.05, 0) is 64.5 Å². The van der Waals surface area contributed by atoms with Crippen LogP contribution in [0.15, 0.2) is 35.7 Å². The number of nitrogens with one attached hydrogen (secondary N) is 1. The van der Waals surface area contributed by atoms with Crippen LogP contribution in [0.5, 0.6) is 0 Å². The molecule has 0 unspecified atom stereocenters. The third kappa shape index (κ3) is 2.19. The maximum atomic E-state index is 5.38. The zero-order chi connectivity index (χ0) is 11.8. The highest BCUT2D eigenvalue weighted by Gasteiger charge is 2.05. The first-order chi connectivity index (χ1) is 8.24. The molecule has 17 heavy (non-hydrogen) atoms. The monoisotopic (exact) mass is 372 g/mol. The van der Waals surface area contributed by atoms with Crippen molar-refractivity contribution in [2.24, 2.45) is 0 Å². The SMILES string of the molecule is S=c1[nH]c2cc(I)ccc2n1Cc1cccs1. The van der Waals surface area contributed by atoms with Crippen LogP contribution < -0.4 is 0 Å². The van der Waals surface area contributed by atoms with Gasteiger partial charge in [0.25, 0.3) is 0 Å². The molecule has 3 rings (SSSR count). The van der Waals surface area contributed by atoms with Crippen LogP contribution >= 0.6 is 46.1 Å². The molecular weight excluding hydrogens is 363 g/mol. The van der Waals surface area contributed by atoms with E-state index in [1.54, 1.807) is 11.3 Å². The molecular formula is C12H9IN2S2. The fourth-order valence-electron chi connectivity index (χ4n) is 1.85. The van der Waals surface area contributed by atoms with Crippen LogP contribution in [0.4, 0.5) is 0 Å². The Kier molecular flexibility index (Phi) is 3.06. The molecule has 0 saturated heterocycles. The Labute approximate surface area is 121 Å². The zero-order valence-electron chi connectivity index (χ0n) is 8.81. The Balaban J connectivity index is 2.16. The van der Waals surface area contributed by atoms with Crippen LogP contribution in [0, 0.1) is 8.34 Å². The number of halogens is 1. The van der Waals surface area contributed by atoms with E-state index in [0.29, 0.717) is 0 Å². The topological polar surface area (TPSA) is 20.7 Å². The van der Waals surface area contributed by atoms with E-state index < -0.39 is 0 Å².